The number of likely N-dealkylation sites (N-methyl/N-ethyl adjacent to an activating group) is 1. The lowest BCUT2D eigenvalue weighted by atomic mass is 10.0. The molecule has 6 nitrogen and oxygen atoms in total. The summed E-state index contributed by atoms with van der Waals surface area (Å²) in [6, 6.07) is 10.3. The zero-order chi connectivity index (χ0) is 17.5. The minimum atomic E-state index is -0.702. The Morgan fingerprint density at radius 2 is 1.88 bits per heavy atom. The molecule has 0 saturated carbocycles. The van der Waals surface area contributed by atoms with Crippen LogP contribution in [0.15, 0.2) is 40.9 Å². The van der Waals surface area contributed by atoms with Gasteiger partial charge >= 0.3 is 0 Å². The molecule has 2 amide bonds. The SMILES string of the molecule is CCN(CC)C(=O)C(NC(=O)Cc1cc(C)on1)c1ccccc1. The molecule has 6 heteroatoms. The first-order valence-corrected chi connectivity index (χ1v) is 8.10. The number of carbonyl (C=O) groups is 2. The van der Waals surface area contributed by atoms with Gasteiger partial charge in [0.25, 0.3) is 0 Å². The van der Waals surface area contributed by atoms with Gasteiger partial charge in [-0.1, -0.05) is 35.5 Å². The van der Waals surface area contributed by atoms with Crippen molar-refractivity contribution in [3.05, 3.63) is 53.4 Å². The highest BCUT2D eigenvalue weighted by Gasteiger charge is 2.26. The van der Waals surface area contributed by atoms with Gasteiger partial charge in [0.15, 0.2) is 0 Å². The number of nitrogens with one attached hydrogen (secondary N) is 1. The second-order valence-electron chi connectivity index (χ2n) is 5.53. The maximum absolute atomic E-state index is 12.8. The topological polar surface area (TPSA) is 75.4 Å². The summed E-state index contributed by atoms with van der Waals surface area (Å²) in [5, 5.41) is 6.65. The summed E-state index contributed by atoms with van der Waals surface area (Å²) in [4.78, 5) is 26.8. The van der Waals surface area contributed by atoms with Gasteiger partial charge in [-0.15, -0.1) is 0 Å². The maximum Gasteiger partial charge on any atom is 0.249 e. The fourth-order valence-corrected chi connectivity index (χ4v) is 2.53. The third-order valence-electron chi connectivity index (χ3n) is 3.78. The molecule has 0 aliphatic carbocycles. The number of aryl methyl sites for hydroxylation is 1. The highest BCUT2D eigenvalue weighted by Crippen LogP contribution is 2.16. The van der Waals surface area contributed by atoms with Gasteiger partial charge in [0.05, 0.1) is 12.1 Å². The summed E-state index contributed by atoms with van der Waals surface area (Å²) in [7, 11) is 0. The summed E-state index contributed by atoms with van der Waals surface area (Å²) in [5.74, 6) is 0.269. The molecule has 24 heavy (non-hydrogen) atoms. The Labute approximate surface area is 141 Å². The molecular formula is C18H23N3O3. The van der Waals surface area contributed by atoms with E-state index in [2.05, 4.69) is 10.5 Å². The van der Waals surface area contributed by atoms with E-state index in [1.165, 1.54) is 0 Å². The second kappa shape index (κ2) is 8.29. The fourth-order valence-electron chi connectivity index (χ4n) is 2.53. The van der Waals surface area contributed by atoms with Gasteiger partial charge in [-0.2, -0.15) is 0 Å². The zero-order valence-corrected chi connectivity index (χ0v) is 14.3. The Kier molecular flexibility index (Phi) is 6.12. The van der Waals surface area contributed by atoms with Crippen molar-refractivity contribution in [1.82, 2.24) is 15.4 Å². The first-order valence-electron chi connectivity index (χ1n) is 8.10. The van der Waals surface area contributed by atoms with Crippen LogP contribution in [0.4, 0.5) is 0 Å². The van der Waals surface area contributed by atoms with Crippen molar-refractivity contribution in [2.24, 2.45) is 0 Å². The van der Waals surface area contributed by atoms with Crippen LogP contribution in [-0.2, 0) is 16.0 Å². The highest BCUT2D eigenvalue weighted by atomic mass is 16.5. The molecule has 2 aromatic rings. The van der Waals surface area contributed by atoms with Gasteiger partial charge in [0, 0.05) is 19.2 Å². The lowest BCUT2D eigenvalue weighted by Gasteiger charge is -2.26. The normalized spacial score (nSPS) is 11.8. The predicted octanol–water partition coefficient (Wildman–Crippen LogP) is 2.25. The number of carbonyl (C=O) groups excluding carboxylic acids is 2. The molecule has 2 rings (SSSR count). The number of hydrogen-bond acceptors (Lipinski definition) is 4. The van der Waals surface area contributed by atoms with Crippen LogP contribution in [0.3, 0.4) is 0 Å². The molecule has 128 valence electrons. The zero-order valence-electron chi connectivity index (χ0n) is 14.3. The first-order chi connectivity index (χ1) is 11.5. The minimum Gasteiger partial charge on any atom is -0.361 e. The monoisotopic (exact) mass is 329 g/mol. The number of rotatable bonds is 7. The van der Waals surface area contributed by atoms with E-state index < -0.39 is 6.04 Å². The van der Waals surface area contributed by atoms with E-state index in [4.69, 9.17) is 4.52 Å². The number of aromatic nitrogens is 1. The van der Waals surface area contributed by atoms with E-state index in [1.54, 1.807) is 17.9 Å². The molecule has 1 heterocycles. The van der Waals surface area contributed by atoms with Gasteiger partial charge in [0.2, 0.25) is 11.8 Å². The predicted molar refractivity (Wildman–Crippen MR) is 90.2 cm³/mol. The van der Waals surface area contributed by atoms with Crippen molar-refractivity contribution in [3.8, 4) is 0 Å². The van der Waals surface area contributed by atoms with Crippen LogP contribution in [-0.4, -0.2) is 35.0 Å². The first kappa shape index (κ1) is 17.7. The van der Waals surface area contributed by atoms with Crippen LogP contribution < -0.4 is 5.32 Å². The molecule has 1 aromatic heterocycles. The maximum atomic E-state index is 12.8. The average molecular weight is 329 g/mol. The Morgan fingerprint density at radius 1 is 1.21 bits per heavy atom. The van der Waals surface area contributed by atoms with E-state index in [9.17, 15) is 9.59 Å². The van der Waals surface area contributed by atoms with Crippen molar-refractivity contribution < 1.29 is 14.1 Å². The Morgan fingerprint density at radius 3 is 2.42 bits per heavy atom. The second-order valence-corrected chi connectivity index (χ2v) is 5.53. The van der Waals surface area contributed by atoms with Gasteiger partial charge in [0.1, 0.15) is 11.8 Å². The average Bonchev–Trinajstić information content (AvgIpc) is 2.99. The minimum absolute atomic E-state index is 0.0756. The van der Waals surface area contributed by atoms with Crippen LogP contribution >= 0.6 is 0 Å². The van der Waals surface area contributed by atoms with Crippen LogP contribution in [0.5, 0.6) is 0 Å². The summed E-state index contributed by atoms with van der Waals surface area (Å²) < 4.78 is 4.97. The third-order valence-corrected chi connectivity index (χ3v) is 3.78. The van der Waals surface area contributed by atoms with Crippen molar-refractivity contribution in [2.75, 3.05) is 13.1 Å². The number of benzene rings is 1. The number of hydrogen-bond donors (Lipinski definition) is 1. The van der Waals surface area contributed by atoms with Crippen molar-refractivity contribution in [3.63, 3.8) is 0 Å². The molecule has 0 aliphatic rings. The molecule has 1 atom stereocenters. The molecule has 0 spiro atoms. The van der Waals surface area contributed by atoms with Crippen molar-refractivity contribution in [2.45, 2.75) is 33.2 Å². The molecule has 0 aliphatic heterocycles. The molecule has 1 unspecified atom stereocenters. The van der Waals surface area contributed by atoms with Gasteiger partial charge in [-0.25, -0.2) is 0 Å². The van der Waals surface area contributed by atoms with Crippen LogP contribution in [0.1, 0.15) is 36.9 Å². The van der Waals surface area contributed by atoms with E-state index in [-0.39, 0.29) is 18.2 Å². The molecular weight excluding hydrogens is 306 g/mol. The summed E-state index contributed by atoms with van der Waals surface area (Å²) in [6.07, 6.45) is 0.0756. The van der Waals surface area contributed by atoms with Crippen molar-refractivity contribution in [1.29, 1.82) is 0 Å². The fraction of sp³-hybridized carbons (Fsp3) is 0.389. The Balaban J connectivity index is 2.16. The molecule has 0 saturated heterocycles. The van der Waals surface area contributed by atoms with E-state index >= 15 is 0 Å². The lowest BCUT2D eigenvalue weighted by molar-refractivity contribution is -0.136. The molecule has 0 bridgehead atoms. The van der Waals surface area contributed by atoms with Gasteiger partial charge in [-0.05, 0) is 26.3 Å². The third kappa shape index (κ3) is 4.44. The van der Waals surface area contributed by atoms with E-state index in [1.807, 2.05) is 44.2 Å². The molecule has 1 aromatic carbocycles. The van der Waals surface area contributed by atoms with Crippen LogP contribution in [0.2, 0.25) is 0 Å². The van der Waals surface area contributed by atoms with E-state index in [0.29, 0.717) is 24.5 Å². The van der Waals surface area contributed by atoms with Gasteiger partial charge in [-0.3, -0.25) is 9.59 Å². The standard InChI is InChI=1S/C18H23N3O3/c1-4-21(5-2)18(23)17(14-9-7-6-8-10-14)19-16(22)12-15-11-13(3)24-20-15/h6-11,17H,4-5,12H2,1-3H3,(H,19,22). The molecule has 0 radical (unpaired) electrons. The number of nitrogens with zero attached hydrogens (tertiary/aromatic N) is 2. The molecule has 0 fully saturated rings. The Bertz CT molecular complexity index is 678. The smallest absolute Gasteiger partial charge is 0.249 e. The van der Waals surface area contributed by atoms with Crippen molar-refractivity contribution >= 4 is 11.8 Å². The largest absolute Gasteiger partial charge is 0.361 e. The summed E-state index contributed by atoms with van der Waals surface area (Å²) in [5.41, 5.74) is 1.31. The summed E-state index contributed by atoms with van der Waals surface area (Å²) in [6.45, 7) is 6.80. The number of amides is 2. The molecule has 1 N–H and O–H groups in total. The van der Waals surface area contributed by atoms with Crippen LogP contribution in [0.25, 0.3) is 0 Å². The van der Waals surface area contributed by atoms with Crippen LogP contribution in [0, 0.1) is 6.92 Å². The van der Waals surface area contributed by atoms with Gasteiger partial charge < -0.3 is 14.7 Å². The highest BCUT2D eigenvalue weighted by molar-refractivity contribution is 5.89. The quantitative estimate of drug-likeness (QED) is 0.845. The van der Waals surface area contributed by atoms with E-state index in [0.717, 1.165) is 5.56 Å². The summed E-state index contributed by atoms with van der Waals surface area (Å²) >= 11 is 0. The lowest BCUT2D eigenvalue weighted by Crippen LogP contribution is -2.43. The Hall–Kier alpha value is -2.63.